The van der Waals surface area contributed by atoms with Crippen LogP contribution in [-0.4, -0.2) is 18.4 Å². The minimum Gasteiger partial charge on any atom is -0.426 e. The smallest absolute Gasteiger partial charge is 0.316 e. The fourth-order valence-corrected chi connectivity index (χ4v) is 3.31. The highest BCUT2D eigenvalue weighted by Gasteiger charge is 2.37. The summed E-state index contributed by atoms with van der Waals surface area (Å²) in [6.07, 6.45) is 1.13. The lowest BCUT2D eigenvalue weighted by Crippen LogP contribution is -2.28. The highest BCUT2D eigenvalue weighted by atomic mass is 16.5. The third kappa shape index (κ3) is 3.58. The molecule has 1 atom stereocenters. The molecule has 2 aromatic rings. The van der Waals surface area contributed by atoms with Crippen LogP contribution < -0.4 is 9.64 Å². The van der Waals surface area contributed by atoms with E-state index in [1.54, 1.807) is 17.0 Å². The summed E-state index contributed by atoms with van der Waals surface area (Å²) in [6.45, 7) is 6.41. The molecule has 1 amide bonds. The first-order chi connectivity index (χ1) is 12.0. The Kier molecular flexibility index (Phi) is 4.88. The highest BCUT2D eigenvalue weighted by Crippen LogP contribution is 2.31. The monoisotopic (exact) mass is 337 g/mol. The molecular weight excluding hydrogens is 314 g/mol. The van der Waals surface area contributed by atoms with E-state index in [0.29, 0.717) is 12.3 Å². The summed E-state index contributed by atoms with van der Waals surface area (Å²) in [7, 11) is 0. The van der Waals surface area contributed by atoms with Crippen molar-refractivity contribution >= 4 is 17.6 Å². The lowest BCUT2D eigenvalue weighted by atomic mass is 10.1. The topological polar surface area (TPSA) is 46.6 Å². The molecule has 1 saturated heterocycles. The lowest BCUT2D eigenvalue weighted by molar-refractivity contribution is -0.139. The number of carbonyl (C=O) groups excluding carboxylic acids is 2. The Morgan fingerprint density at radius 3 is 2.36 bits per heavy atom. The molecule has 4 nitrogen and oxygen atoms in total. The van der Waals surface area contributed by atoms with Gasteiger partial charge in [-0.3, -0.25) is 9.59 Å². The van der Waals surface area contributed by atoms with Crippen molar-refractivity contribution in [2.75, 3.05) is 11.4 Å². The summed E-state index contributed by atoms with van der Waals surface area (Å²) in [5.74, 6) is -0.274. The number of anilines is 1. The molecule has 1 aliphatic rings. The largest absolute Gasteiger partial charge is 0.426 e. The van der Waals surface area contributed by atoms with Gasteiger partial charge in [-0.15, -0.1) is 0 Å². The Morgan fingerprint density at radius 2 is 1.76 bits per heavy atom. The van der Waals surface area contributed by atoms with E-state index >= 15 is 0 Å². The van der Waals surface area contributed by atoms with Gasteiger partial charge in [0.1, 0.15) is 5.75 Å². The summed E-state index contributed by atoms with van der Waals surface area (Å²) in [5.41, 5.74) is 4.18. The minimum absolute atomic E-state index is 0.0271. The number of hydrogen-bond donors (Lipinski definition) is 0. The lowest BCUT2D eigenvalue weighted by Gasteiger charge is -2.21. The van der Waals surface area contributed by atoms with Gasteiger partial charge in [0.15, 0.2) is 0 Å². The maximum Gasteiger partial charge on any atom is 0.316 e. The summed E-state index contributed by atoms with van der Waals surface area (Å²) in [6, 6.07) is 13.4. The highest BCUT2D eigenvalue weighted by molar-refractivity contribution is 6.00. The normalized spacial score (nSPS) is 17.0. The van der Waals surface area contributed by atoms with Gasteiger partial charge >= 0.3 is 5.97 Å². The third-order valence-corrected chi connectivity index (χ3v) is 4.72. The molecule has 1 fully saturated rings. The van der Waals surface area contributed by atoms with Gasteiger partial charge in [-0.05, 0) is 49.1 Å². The zero-order chi connectivity index (χ0) is 18.0. The van der Waals surface area contributed by atoms with Crippen molar-refractivity contribution in [2.24, 2.45) is 5.92 Å². The van der Waals surface area contributed by atoms with Crippen molar-refractivity contribution in [3.63, 3.8) is 0 Å². The molecule has 0 saturated carbocycles. The second kappa shape index (κ2) is 7.09. The molecule has 25 heavy (non-hydrogen) atoms. The summed E-state index contributed by atoms with van der Waals surface area (Å²) >= 11 is 0. The van der Waals surface area contributed by atoms with Crippen LogP contribution in [0.1, 0.15) is 30.0 Å². The van der Waals surface area contributed by atoms with Gasteiger partial charge in [-0.1, -0.05) is 37.3 Å². The predicted molar refractivity (Wildman–Crippen MR) is 97.8 cm³/mol. The molecule has 3 rings (SSSR count). The Labute approximate surface area is 148 Å². The van der Waals surface area contributed by atoms with Crippen LogP contribution in [0.4, 0.5) is 5.69 Å². The van der Waals surface area contributed by atoms with Crippen molar-refractivity contribution in [1.82, 2.24) is 0 Å². The minimum atomic E-state index is -0.433. The van der Waals surface area contributed by atoms with Crippen molar-refractivity contribution in [3.8, 4) is 5.75 Å². The first-order valence-electron chi connectivity index (χ1n) is 8.66. The Morgan fingerprint density at radius 1 is 1.12 bits per heavy atom. The number of carbonyl (C=O) groups is 2. The van der Waals surface area contributed by atoms with Gasteiger partial charge in [-0.2, -0.15) is 0 Å². The molecule has 0 aliphatic carbocycles. The number of ether oxygens (including phenoxy) is 1. The van der Waals surface area contributed by atoms with Crippen LogP contribution in [0.15, 0.2) is 42.5 Å². The molecule has 0 spiro atoms. The zero-order valence-corrected chi connectivity index (χ0v) is 14.9. The Balaban J connectivity index is 1.72. The van der Waals surface area contributed by atoms with Crippen LogP contribution in [0.3, 0.4) is 0 Å². The molecule has 2 aromatic carbocycles. The maximum atomic E-state index is 12.5. The van der Waals surface area contributed by atoms with Gasteiger partial charge in [0, 0.05) is 18.7 Å². The van der Waals surface area contributed by atoms with Crippen molar-refractivity contribution in [2.45, 2.75) is 33.6 Å². The number of hydrogen-bond acceptors (Lipinski definition) is 3. The second-order valence-electron chi connectivity index (χ2n) is 6.56. The average molecular weight is 337 g/mol. The van der Waals surface area contributed by atoms with Gasteiger partial charge in [0.05, 0.1) is 5.92 Å². The fourth-order valence-electron chi connectivity index (χ4n) is 3.31. The SMILES string of the molecule is CCc1ccc(OC(=O)[C@H]2CC(=O)N(c3c(C)cccc3C)C2)cc1. The third-order valence-electron chi connectivity index (χ3n) is 4.72. The summed E-state index contributed by atoms with van der Waals surface area (Å²) in [4.78, 5) is 26.6. The number of esters is 1. The number of benzene rings is 2. The molecular formula is C21H23NO3. The van der Waals surface area contributed by atoms with E-state index < -0.39 is 5.92 Å². The van der Waals surface area contributed by atoms with Crippen molar-refractivity contribution in [1.29, 1.82) is 0 Å². The number of para-hydroxylation sites is 1. The van der Waals surface area contributed by atoms with Crippen LogP contribution in [-0.2, 0) is 16.0 Å². The molecule has 0 N–H and O–H groups in total. The van der Waals surface area contributed by atoms with Gasteiger partial charge in [-0.25, -0.2) is 0 Å². The van der Waals surface area contributed by atoms with Gasteiger partial charge in [0.25, 0.3) is 0 Å². The summed E-state index contributed by atoms with van der Waals surface area (Å²) in [5, 5.41) is 0. The Hall–Kier alpha value is -2.62. The number of nitrogens with zero attached hydrogens (tertiary/aromatic N) is 1. The molecule has 1 heterocycles. The van der Waals surface area contributed by atoms with Crippen LogP contribution in [0.5, 0.6) is 5.75 Å². The molecule has 130 valence electrons. The number of aryl methyl sites for hydroxylation is 3. The van der Waals surface area contributed by atoms with Crippen LogP contribution in [0.25, 0.3) is 0 Å². The predicted octanol–water partition coefficient (Wildman–Crippen LogP) is 3.82. The van der Waals surface area contributed by atoms with E-state index in [2.05, 4.69) is 6.92 Å². The second-order valence-corrected chi connectivity index (χ2v) is 6.56. The number of amides is 1. The first-order valence-corrected chi connectivity index (χ1v) is 8.66. The molecule has 4 heteroatoms. The van der Waals surface area contributed by atoms with E-state index in [0.717, 1.165) is 23.2 Å². The molecule has 1 aliphatic heterocycles. The van der Waals surface area contributed by atoms with Crippen LogP contribution >= 0.6 is 0 Å². The van der Waals surface area contributed by atoms with Gasteiger partial charge in [0.2, 0.25) is 5.91 Å². The maximum absolute atomic E-state index is 12.5. The molecule has 0 aromatic heterocycles. The van der Waals surface area contributed by atoms with E-state index in [4.69, 9.17) is 4.74 Å². The van der Waals surface area contributed by atoms with E-state index in [1.165, 1.54) is 5.56 Å². The van der Waals surface area contributed by atoms with E-state index in [9.17, 15) is 9.59 Å². The van der Waals surface area contributed by atoms with Crippen molar-refractivity contribution in [3.05, 3.63) is 59.2 Å². The van der Waals surface area contributed by atoms with Crippen LogP contribution in [0.2, 0.25) is 0 Å². The molecule has 0 radical (unpaired) electrons. The molecule has 0 unspecified atom stereocenters. The number of rotatable bonds is 4. The Bertz CT molecular complexity index is 775. The van der Waals surface area contributed by atoms with E-state index in [-0.39, 0.29) is 18.3 Å². The standard InChI is InChI=1S/C21H23NO3/c1-4-16-8-10-18(11-9-16)25-21(24)17-12-19(23)22(13-17)20-14(2)6-5-7-15(20)3/h5-11,17H,4,12-13H2,1-3H3/t17-/m0/s1. The molecule has 0 bridgehead atoms. The first kappa shape index (κ1) is 17.2. The fraction of sp³-hybridized carbons (Fsp3) is 0.333. The van der Waals surface area contributed by atoms with Crippen molar-refractivity contribution < 1.29 is 14.3 Å². The van der Waals surface area contributed by atoms with E-state index in [1.807, 2.05) is 44.2 Å². The van der Waals surface area contributed by atoms with Gasteiger partial charge < -0.3 is 9.64 Å². The zero-order valence-electron chi connectivity index (χ0n) is 14.9. The summed E-state index contributed by atoms with van der Waals surface area (Å²) < 4.78 is 5.47. The average Bonchev–Trinajstić information content (AvgIpc) is 2.97. The van der Waals surface area contributed by atoms with Crippen LogP contribution in [0, 0.1) is 19.8 Å². The quantitative estimate of drug-likeness (QED) is 0.629.